The molecule has 1 atom stereocenters. The molecule has 18 heavy (non-hydrogen) atoms. The van der Waals surface area contributed by atoms with Crippen molar-refractivity contribution in [3.05, 3.63) is 29.8 Å². The van der Waals surface area contributed by atoms with Gasteiger partial charge in [-0.25, -0.2) is 0 Å². The Balaban J connectivity index is 2.87. The normalized spacial score (nSPS) is 12.0. The fourth-order valence-corrected chi connectivity index (χ4v) is 1.98. The van der Waals surface area contributed by atoms with Crippen molar-refractivity contribution < 1.29 is 9.53 Å². The first-order chi connectivity index (χ1) is 8.60. The maximum absolute atomic E-state index is 11.8. The van der Waals surface area contributed by atoms with E-state index in [4.69, 9.17) is 4.74 Å². The molecule has 100 valence electrons. The van der Waals surface area contributed by atoms with Gasteiger partial charge in [0.05, 0.1) is 13.0 Å². The summed E-state index contributed by atoms with van der Waals surface area (Å²) in [5, 5.41) is 0. The summed E-state index contributed by atoms with van der Waals surface area (Å²) in [5.41, 5.74) is 2.18. The summed E-state index contributed by atoms with van der Waals surface area (Å²) in [6.45, 7) is 2.13. The number of nitrogens with zero attached hydrogens (tertiary/aromatic N) is 1. The van der Waals surface area contributed by atoms with Crippen LogP contribution in [0.3, 0.4) is 0 Å². The molecular weight excluding hydrogens is 226 g/mol. The summed E-state index contributed by atoms with van der Waals surface area (Å²) in [5.74, 6) is -0.271. The Kier molecular flexibility index (Phi) is 5.69. The smallest absolute Gasteiger partial charge is 0.313 e. The van der Waals surface area contributed by atoms with Crippen molar-refractivity contribution in [2.75, 3.05) is 26.1 Å². The van der Waals surface area contributed by atoms with Gasteiger partial charge < -0.3 is 9.64 Å². The number of rotatable bonds is 6. The number of hydrogen-bond acceptors (Lipinski definition) is 3. The average Bonchev–Trinajstić information content (AvgIpc) is 2.39. The Morgan fingerprint density at radius 3 is 2.33 bits per heavy atom. The van der Waals surface area contributed by atoms with Crippen molar-refractivity contribution in [2.24, 2.45) is 0 Å². The van der Waals surface area contributed by atoms with E-state index in [0.717, 1.165) is 30.5 Å². The van der Waals surface area contributed by atoms with E-state index in [1.807, 2.05) is 43.3 Å². The first kappa shape index (κ1) is 14.6. The first-order valence-electron chi connectivity index (χ1n) is 6.45. The topological polar surface area (TPSA) is 29.5 Å². The molecule has 0 saturated heterocycles. The minimum atomic E-state index is -0.138. The van der Waals surface area contributed by atoms with Crippen molar-refractivity contribution in [2.45, 2.75) is 32.1 Å². The summed E-state index contributed by atoms with van der Waals surface area (Å²) in [7, 11) is 5.46. The van der Waals surface area contributed by atoms with E-state index in [-0.39, 0.29) is 11.9 Å². The molecule has 1 aromatic carbocycles. The lowest BCUT2D eigenvalue weighted by Crippen LogP contribution is -2.15. The zero-order chi connectivity index (χ0) is 13.5. The molecule has 1 rings (SSSR count). The number of benzene rings is 1. The molecule has 0 aliphatic carbocycles. The maximum atomic E-state index is 11.8. The van der Waals surface area contributed by atoms with Crippen LogP contribution in [0.15, 0.2) is 24.3 Å². The van der Waals surface area contributed by atoms with Crippen LogP contribution >= 0.6 is 0 Å². The van der Waals surface area contributed by atoms with Gasteiger partial charge in [0.2, 0.25) is 0 Å². The van der Waals surface area contributed by atoms with Gasteiger partial charge in [0.1, 0.15) is 0 Å². The SMILES string of the molecule is CCCCC(C(=O)OC)c1ccc(N(C)C)cc1. The van der Waals surface area contributed by atoms with Gasteiger partial charge in [-0.15, -0.1) is 0 Å². The van der Waals surface area contributed by atoms with Gasteiger partial charge in [-0.3, -0.25) is 4.79 Å². The summed E-state index contributed by atoms with van der Waals surface area (Å²) in [6.07, 6.45) is 2.98. The lowest BCUT2D eigenvalue weighted by atomic mass is 9.93. The second kappa shape index (κ2) is 7.04. The molecule has 0 saturated carbocycles. The fraction of sp³-hybridized carbons (Fsp3) is 0.533. The van der Waals surface area contributed by atoms with Gasteiger partial charge in [0.15, 0.2) is 0 Å². The number of unbranched alkanes of at least 4 members (excludes halogenated alkanes) is 1. The molecule has 0 aromatic heterocycles. The van der Waals surface area contributed by atoms with Gasteiger partial charge in [-0.05, 0) is 24.1 Å². The van der Waals surface area contributed by atoms with Gasteiger partial charge in [-0.1, -0.05) is 31.9 Å². The van der Waals surface area contributed by atoms with Crippen molar-refractivity contribution in [1.82, 2.24) is 0 Å². The minimum absolute atomic E-state index is 0.133. The van der Waals surface area contributed by atoms with Crippen LogP contribution in [0.2, 0.25) is 0 Å². The molecule has 3 heteroatoms. The number of ether oxygens (including phenoxy) is 1. The number of methoxy groups -OCH3 is 1. The van der Waals surface area contributed by atoms with Gasteiger partial charge in [0.25, 0.3) is 0 Å². The molecule has 0 bridgehead atoms. The molecule has 1 aromatic rings. The summed E-state index contributed by atoms with van der Waals surface area (Å²) in [4.78, 5) is 13.8. The second-order valence-corrected chi connectivity index (χ2v) is 4.70. The predicted octanol–water partition coefficient (Wildman–Crippen LogP) is 3.20. The summed E-state index contributed by atoms with van der Waals surface area (Å²) >= 11 is 0. The van der Waals surface area contributed by atoms with Crippen molar-refractivity contribution >= 4 is 11.7 Å². The average molecular weight is 249 g/mol. The lowest BCUT2D eigenvalue weighted by Gasteiger charge is -2.17. The molecule has 0 spiro atoms. The number of carbonyl (C=O) groups excluding carboxylic acids is 1. The molecule has 3 nitrogen and oxygen atoms in total. The highest BCUT2D eigenvalue weighted by molar-refractivity contribution is 5.78. The standard InChI is InChI=1S/C15H23NO2/c1-5-6-7-14(15(17)18-4)12-8-10-13(11-9-12)16(2)3/h8-11,14H,5-7H2,1-4H3. The minimum Gasteiger partial charge on any atom is -0.469 e. The zero-order valence-electron chi connectivity index (χ0n) is 11.8. The van der Waals surface area contributed by atoms with Crippen LogP contribution in [-0.2, 0) is 9.53 Å². The Bertz CT molecular complexity index is 371. The second-order valence-electron chi connectivity index (χ2n) is 4.70. The molecule has 0 aliphatic rings. The maximum Gasteiger partial charge on any atom is 0.313 e. The van der Waals surface area contributed by atoms with Crippen molar-refractivity contribution in [3.63, 3.8) is 0 Å². The van der Waals surface area contributed by atoms with E-state index in [1.165, 1.54) is 7.11 Å². The first-order valence-corrected chi connectivity index (χ1v) is 6.45. The van der Waals surface area contributed by atoms with Crippen LogP contribution in [0.5, 0.6) is 0 Å². The van der Waals surface area contributed by atoms with Crippen LogP contribution in [0, 0.1) is 0 Å². The third kappa shape index (κ3) is 3.76. The number of hydrogen-bond donors (Lipinski definition) is 0. The van der Waals surface area contributed by atoms with Crippen LogP contribution in [0.1, 0.15) is 37.7 Å². The zero-order valence-corrected chi connectivity index (χ0v) is 11.8. The highest BCUT2D eigenvalue weighted by Gasteiger charge is 2.20. The molecule has 1 unspecified atom stereocenters. The molecule has 0 N–H and O–H groups in total. The Hall–Kier alpha value is -1.51. The number of anilines is 1. The fourth-order valence-electron chi connectivity index (χ4n) is 1.98. The van der Waals surface area contributed by atoms with Crippen molar-refractivity contribution in [1.29, 1.82) is 0 Å². The Morgan fingerprint density at radius 1 is 1.28 bits per heavy atom. The third-order valence-corrected chi connectivity index (χ3v) is 3.14. The van der Waals surface area contributed by atoms with Gasteiger partial charge in [0, 0.05) is 19.8 Å². The molecule has 0 fully saturated rings. The van der Waals surface area contributed by atoms with Crippen LogP contribution in [0.25, 0.3) is 0 Å². The van der Waals surface area contributed by atoms with E-state index in [1.54, 1.807) is 0 Å². The van der Waals surface area contributed by atoms with E-state index in [9.17, 15) is 4.79 Å². The quantitative estimate of drug-likeness (QED) is 0.725. The molecule has 0 amide bonds. The van der Waals surface area contributed by atoms with Gasteiger partial charge >= 0.3 is 5.97 Å². The molecular formula is C15H23NO2. The highest BCUT2D eigenvalue weighted by Crippen LogP contribution is 2.25. The largest absolute Gasteiger partial charge is 0.469 e. The predicted molar refractivity (Wildman–Crippen MR) is 75.1 cm³/mol. The number of carbonyl (C=O) groups is 1. The van der Waals surface area contributed by atoms with Crippen LogP contribution < -0.4 is 4.90 Å². The summed E-state index contributed by atoms with van der Waals surface area (Å²) < 4.78 is 4.89. The van der Waals surface area contributed by atoms with Crippen LogP contribution in [0.4, 0.5) is 5.69 Å². The highest BCUT2D eigenvalue weighted by atomic mass is 16.5. The third-order valence-electron chi connectivity index (χ3n) is 3.14. The molecule has 0 heterocycles. The number of esters is 1. The Morgan fingerprint density at radius 2 is 1.89 bits per heavy atom. The van der Waals surface area contributed by atoms with Gasteiger partial charge in [-0.2, -0.15) is 0 Å². The summed E-state index contributed by atoms with van der Waals surface area (Å²) in [6, 6.07) is 8.12. The molecule has 0 radical (unpaired) electrons. The van der Waals surface area contributed by atoms with E-state index in [0.29, 0.717) is 0 Å². The Labute approximate surface area is 110 Å². The van der Waals surface area contributed by atoms with E-state index in [2.05, 4.69) is 6.92 Å². The van der Waals surface area contributed by atoms with E-state index >= 15 is 0 Å². The van der Waals surface area contributed by atoms with Crippen LogP contribution in [-0.4, -0.2) is 27.2 Å². The van der Waals surface area contributed by atoms with Crippen molar-refractivity contribution in [3.8, 4) is 0 Å². The van der Waals surface area contributed by atoms with E-state index < -0.39 is 0 Å². The lowest BCUT2D eigenvalue weighted by molar-refractivity contribution is -0.142. The molecule has 0 aliphatic heterocycles. The monoisotopic (exact) mass is 249 g/mol.